The zero-order valence-electron chi connectivity index (χ0n) is 25.6. The summed E-state index contributed by atoms with van der Waals surface area (Å²) >= 11 is 6.28. The predicted octanol–water partition coefficient (Wildman–Crippen LogP) is 5.18. The molecule has 1 aliphatic carbocycles. The van der Waals surface area contributed by atoms with E-state index < -0.39 is 19.6 Å². The number of hydrogen-bond donors (Lipinski definition) is 2. The molecular formula is C30H40ClF2N4O3P. The van der Waals surface area contributed by atoms with Gasteiger partial charge in [-0.1, -0.05) is 35.9 Å². The molecule has 2 aromatic carbocycles. The number of anilines is 1. The van der Waals surface area contributed by atoms with Gasteiger partial charge in [-0.3, -0.25) is 14.5 Å². The van der Waals surface area contributed by atoms with Crippen LogP contribution in [0, 0.1) is 5.92 Å². The van der Waals surface area contributed by atoms with E-state index in [0.717, 1.165) is 10.9 Å². The quantitative estimate of drug-likeness (QED) is 0.363. The Morgan fingerprint density at radius 1 is 1.07 bits per heavy atom. The van der Waals surface area contributed by atoms with Crippen molar-refractivity contribution in [2.24, 2.45) is 5.92 Å². The van der Waals surface area contributed by atoms with Crippen molar-refractivity contribution >= 4 is 41.5 Å². The molecule has 1 saturated carbocycles. The van der Waals surface area contributed by atoms with Gasteiger partial charge in [-0.2, -0.15) is 0 Å². The van der Waals surface area contributed by atoms with E-state index >= 15 is 0 Å². The van der Waals surface area contributed by atoms with Gasteiger partial charge in [0.1, 0.15) is 7.14 Å². The Balaban J connectivity index is 1.30. The summed E-state index contributed by atoms with van der Waals surface area (Å²) < 4.78 is 57.0. The minimum atomic E-state index is -2.64. The predicted molar refractivity (Wildman–Crippen MR) is 161 cm³/mol. The largest absolute Gasteiger partial charge is 0.381 e. The molecule has 0 atom stereocenters. The van der Waals surface area contributed by atoms with Crippen LogP contribution in [0.15, 0.2) is 42.5 Å². The molecule has 0 aromatic heterocycles. The fourth-order valence-corrected chi connectivity index (χ4v) is 6.13. The Morgan fingerprint density at radius 3 is 2.37 bits per heavy atom. The molecule has 0 bridgehead atoms. The highest BCUT2D eigenvalue weighted by Crippen LogP contribution is 2.37. The van der Waals surface area contributed by atoms with Crippen LogP contribution in [-0.2, 0) is 27.2 Å². The van der Waals surface area contributed by atoms with Crippen LogP contribution in [0.5, 0.6) is 0 Å². The number of halogens is 3. The molecule has 2 fully saturated rings. The van der Waals surface area contributed by atoms with Crippen molar-refractivity contribution in [1.29, 1.82) is 0 Å². The molecular weight excluding hydrogens is 569 g/mol. The zero-order valence-corrected chi connectivity index (χ0v) is 25.2. The minimum absolute atomic E-state index is 0.0932. The monoisotopic (exact) mass is 610 g/mol. The summed E-state index contributed by atoms with van der Waals surface area (Å²) in [7, 11) is -2.35. The van der Waals surface area contributed by atoms with Gasteiger partial charge in [0, 0.05) is 77.2 Å². The van der Waals surface area contributed by atoms with Gasteiger partial charge in [0.2, 0.25) is 17.7 Å². The summed E-state index contributed by atoms with van der Waals surface area (Å²) in [6.07, 6.45) is 0.337. The molecule has 224 valence electrons. The lowest BCUT2D eigenvalue weighted by molar-refractivity contribution is -0.134. The van der Waals surface area contributed by atoms with Crippen molar-refractivity contribution in [3.05, 3.63) is 58.6 Å². The maximum Gasteiger partial charge on any atom is 0.248 e. The van der Waals surface area contributed by atoms with E-state index in [2.05, 4.69) is 10.6 Å². The molecule has 41 heavy (non-hydrogen) atoms. The molecule has 1 heterocycles. The summed E-state index contributed by atoms with van der Waals surface area (Å²) in [6, 6.07) is 12.6. The third kappa shape index (κ3) is 9.52. The lowest BCUT2D eigenvalue weighted by atomic mass is 9.84. The highest BCUT2D eigenvalue weighted by atomic mass is 35.5. The molecule has 1 aliphatic heterocycles. The van der Waals surface area contributed by atoms with E-state index in [1.54, 1.807) is 41.3 Å². The van der Waals surface area contributed by atoms with Crippen LogP contribution >= 0.6 is 18.7 Å². The number of rotatable bonds is 10. The van der Waals surface area contributed by atoms with E-state index in [4.69, 9.17) is 14.3 Å². The van der Waals surface area contributed by atoms with Crippen molar-refractivity contribution < 1.29 is 25.7 Å². The molecule has 2 aliphatic rings. The summed E-state index contributed by atoms with van der Waals surface area (Å²) in [4.78, 5) is 28.3. The van der Waals surface area contributed by atoms with E-state index in [0.29, 0.717) is 48.7 Å². The van der Waals surface area contributed by atoms with Crippen molar-refractivity contribution in [3.63, 3.8) is 0 Å². The number of carbonyl (C=O) groups is 2. The van der Waals surface area contributed by atoms with Crippen LogP contribution in [0.3, 0.4) is 0 Å². The Kier molecular flexibility index (Phi) is 9.54. The van der Waals surface area contributed by atoms with Gasteiger partial charge in [-0.05, 0) is 61.4 Å². The van der Waals surface area contributed by atoms with Gasteiger partial charge >= 0.3 is 0 Å². The van der Waals surface area contributed by atoms with Crippen molar-refractivity contribution in [1.82, 2.24) is 15.1 Å². The first kappa shape index (κ1) is 28.6. The summed E-state index contributed by atoms with van der Waals surface area (Å²) in [5.41, 5.74) is 1.94. The zero-order chi connectivity index (χ0) is 31.4. The summed E-state index contributed by atoms with van der Waals surface area (Å²) in [5, 5.41) is 7.14. The molecule has 2 N–H and O–H groups in total. The van der Waals surface area contributed by atoms with Gasteiger partial charge in [0.25, 0.3) is 0 Å². The van der Waals surface area contributed by atoms with Gasteiger partial charge in [-0.25, -0.2) is 8.78 Å². The van der Waals surface area contributed by atoms with Crippen molar-refractivity contribution in [2.45, 2.75) is 51.1 Å². The average Bonchev–Trinajstić information content (AvgIpc) is 2.96. The average molecular weight is 611 g/mol. The standard InChI is InChI=1S/C30H40ClF2N4O3P/c1-41(2,40)26-6-3-23(4-7-26)19-34-27-8-5-25(31)18-24(27)21-36-13-15-37(16-14-36)29(39)20-35-28(38)17-22-9-11-30(32,33)12-10-22/h3-8,18,22,34H,9-17,19-21H2,1-2H3,(H,35,38)/i21D2. The molecule has 4 rings (SSSR count). The molecule has 1 saturated heterocycles. The molecule has 7 nitrogen and oxygen atoms in total. The Bertz CT molecular complexity index is 1340. The smallest absolute Gasteiger partial charge is 0.248 e. The minimum Gasteiger partial charge on any atom is -0.381 e. The second-order valence-electron chi connectivity index (χ2n) is 11.3. The van der Waals surface area contributed by atoms with Crippen LogP contribution in [-0.4, -0.2) is 73.6 Å². The van der Waals surface area contributed by atoms with Gasteiger partial charge in [0.05, 0.1) is 6.54 Å². The highest BCUT2D eigenvalue weighted by molar-refractivity contribution is 7.70. The third-order valence-corrected chi connectivity index (χ3v) is 9.46. The lowest BCUT2D eigenvalue weighted by Crippen LogP contribution is -2.51. The second-order valence-corrected chi connectivity index (χ2v) is 15.0. The Morgan fingerprint density at radius 2 is 1.73 bits per heavy atom. The number of piperazine rings is 1. The molecule has 2 aromatic rings. The first-order valence-corrected chi connectivity index (χ1v) is 17.0. The van der Waals surface area contributed by atoms with Gasteiger partial charge < -0.3 is 20.1 Å². The van der Waals surface area contributed by atoms with Gasteiger partial charge in [0.15, 0.2) is 0 Å². The number of nitrogens with one attached hydrogen (secondary N) is 2. The fourth-order valence-electron chi connectivity index (χ4n) is 5.10. The molecule has 11 heteroatoms. The number of carbonyl (C=O) groups excluding carboxylic acids is 2. The molecule has 0 radical (unpaired) electrons. The van der Waals surface area contributed by atoms with E-state index in [-0.39, 0.29) is 56.6 Å². The number of amides is 2. The first-order chi connectivity index (χ1) is 20.1. The highest BCUT2D eigenvalue weighted by Gasteiger charge is 2.35. The number of benzene rings is 2. The topological polar surface area (TPSA) is 81.8 Å². The SMILES string of the molecule is [2H]C([2H])(c1cc(Cl)ccc1NCc1ccc(P(C)(C)=O)cc1)N1CCN(C(=O)CNC(=O)CC2CCC(F)(F)CC2)CC1. The van der Waals surface area contributed by atoms with E-state index in [1.807, 2.05) is 24.3 Å². The lowest BCUT2D eigenvalue weighted by Gasteiger charge is -2.35. The number of hydrogen-bond acceptors (Lipinski definition) is 5. The van der Waals surface area contributed by atoms with Crippen molar-refractivity contribution in [2.75, 3.05) is 51.4 Å². The number of nitrogens with zero attached hydrogens (tertiary/aromatic N) is 2. The second kappa shape index (κ2) is 13.7. The normalized spacial score (nSPS) is 19.3. The molecule has 0 spiro atoms. The van der Waals surface area contributed by atoms with Crippen LogP contribution < -0.4 is 15.9 Å². The first-order valence-electron chi connectivity index (χ1n) is 15.0. The molecule has 0 unspecified atom stereocenters. The fraction of sp³-hybridized carbons (Fsp3) is 0.533. The van der Waals surface area contributed by atoms with E-state index in [1.165, 1.54) is 0 Å². The summed E-state index contributed by atoms with van der Waals surface area (Å²) in [6.45, 7) is 2.98. The van der Waals surface area contributed by atoms with Crippen LogP contribution in [0.4, 0.5) is 14.5 Å². The maximum atomic E-state index is 13.4. The Hall–Kier alpha value is -2.48. The third-order valence-electron chi connectivity index (χ3n) is 7.68. The molecule has 2 amide bonds. The number of alkyl halides is 2. The summed E-state index contributed by atoms with van der Waals surface area (Å²) in [5.74, 6) is -3.31. The van der Waals surface area contributed by atoms with Crippen molar-refractivity contribution in [3.8, 4) is 0 Å². The maximum absolute atomic E-state index is 13.4. The Labute approximate surface area is 249 Å². The van der Waals surface area contributed by atoms with E-state index in [9.17, 15) is 22.9 Å². The van der Waals surface area contributed by atoms with Gasteiger partial charge in [-0.15, -0.1) is 0 Å². The van der Waals surface area contributed by atoms with Crippen LogP contribution in [0.25, 0.3) is 0 Å². The van der Waals surface area contributed by atoms with Crippen LogP contribution in [0.1, 0.15) is 46.0 Å². The van der Waals surface area contributed by atoms with Crippen LogP contribution in [0.2, 0.25) is 5.02 Å².